The Kier molecular flexibility index (Phi) is 9.13. The summed E-state index contributed by atoms with van der Waals surface area (Å²) in [4.78, 5) is 14.1. The molecule has 3 aromatic rings. The van der Waals surface area contributed by atoms with Crippen LogP contribution in [0, 0.1) is 0 Å². The Bertz CT molecular complexity index is 1080. The molecule has 0 saturated heterocycles. The molecule has 2 aromatic heterocycles. The maximum Gasteiger partial charge on any atom is 0.165 e. The Morgan fingerprint density at radius 2 is 1.81 bits per heavy atom. The Hall–Kier alpha value is -3.27. The topological polar surface area (TPSA) is 50.7 Å². The number of rotatable bonds is 7. The number of hydrogen-bond donors (Lipinski definition) is 1. The van der Waals surface area contributed by atoms with Crippen LogP contribution in [-0.2, 0) is 0 Å². The van der Waals surface area contributed by atoms with E-state index in [-0.39, 0.29) is 0 Å². The molecular formula is C27H34N4. The molecule has 0 radical (unpaired) electrons. The van der Waals surface area contributed by atoms with E-state index in [4.69, 9.17) is 9.97 Å². The molecule has 0 unspecified atom stereocenters. The zero-order chi connectivity index (χ0) is 22.8. The minimum atomic E-state index is 0.382. The molecule has 162 valence electrons. The lowest BCUT2D eigenvalue weighted by molar-refractivity contribution is 0.866. The summed E-state index contributed by atoms with van der Waals surface area (Å²) in [6, 6.07) is 12.2. The van der Waals surface area contributed by atoms with Gasteiger partial charge in [-0.2, -0.15) is 0 Å². The number of aromatic nitrogens is 3. The molecule has 0 aliphatic carbocycles. The minimum absolute atomic E-state index is 0.382. The summed E-state index contributed by atoms with van der Waals surface area (Å²) in [6.07, 6.45) is 7.94. The molecule has 0 saturated carbocycles. The van der Waals surface area contributed by atoms with Crippen molar-refractivity contribution in [3.05, 3.63) is 84.1 Å². The summed E-state index contributed by atoms with van der Waals surface area (Å²) in [6.45, 7) is 17.0. The van der Waals surface area contributed by atoms with Crippen molar-refractivity contribution in [2.75, 3.05) is 11.9 Å². The number of anilines is 1. The molecule has 4 nitrogen and oxygen atoms in total. The van der Waals surface area contributed by atoms with Gasteiger partial charge in [-0.25, -0.2) is 15.0 Å². The van der Waals surface area contributed by atoms with Crippen LogP contribution in [0.2, 0.25) is 0 Å². The third kappa shape index (κ3) is 6.35. The SMILES string of the molecule is C=C(C)/C=C\C(=C/C)CNc1nc(-c2ccccc2C(C)C)nc2ncccc12.CC. The highest BCUT2D eigenvalue weighted by Crippen LogP contribution is 2.29. The van der Waals surface area contributed by atoms with Gasteiger partial charge < -0.3 is 5.32 Å². The fourth-order valence-corrected chi connectivity index (χ4v) is 3.11. The van der Waals surface area contributed by atoms with Gasteiger partial charge in [-0.05, 0) is 43.0 Å². The van der Waals surface area contributed by atoms with Gasteiger partial charge in [0.05, 0.1) is 5.39 Å². The molecule has 1 N–H and O–H groups in total. The molecule has 0 bridgehead atoms. The Morgan fingerprint density at radius 3 is 2.48 bits per heavy atom. The van der Waals surface area contributed by atoms with Gasteiger partial charge in [0, 0.05) is 18.3 Å². The summed E-state index contributed by atoms with van der Waals surface area (Å²) in [5, 5.41) is 4.40. The molecule has 1 aromatic carbocycles. The fourth-order valence-electron chi connectivity index (χ4n) is 3.11. The molecule has 2 heterocycles. The average Bonchev–Trinajstić information content (AvgIpc) is 2.80. The second-order valence-corrected chi connectivity index (χ2v) is 7.41. The van der Waals surface area contributed by atoms with Crippen molar-refractivity contribution in [2.24, 2.45) is 0 Å². The van der Waals surface area contributed by atoms with Gasteiger partial charge in [-0.3, -0.25) is 0 Å². The summed E-state index contributed by atoms with van der Waals surface area (Å²) >= 11 is 0. The fraction of sp³-hybridized carbons (Fsp3) is 0.296. The van der Waals surface area contributed by atoms with Gasteiger partial charge in [-0.15, -0.1) is 0 Å². The van der Waals surface area contributed by atoms with Crippen LogP contribution in [0.3, 0.4) is 0 Å². The van der Waals surface area contributed by atoms with Crippen molar-refractivity contribution in [1.82, 2.24) is 15.0 Å². The molecule has 0 atom stereocenters. The lowest BCUT2D eigenvalue weighted by atomic mass is 9.97. The normalized spacial score (nSPS) is 11.5. The number of nitrogens with zero attached hydrogens (tertiary/aromatic N) is 3. The van der Waals surface area contributed by atoms with Crippen molar-refractivity contribution in [3.63, 3.8) is 0 Å². The number of pyridine rings is 1. The number of benzene rings is 1. The van der Waals surface area contributed by atoms with Crippen LogP contribution in [-0.4, -0.2) is 21.5 Å². The van der Waals surface area contributed by atoms with Crippen molar-refractivity contribution < 1.29 is 0 Å². The highest BCUT2D eigenvalue weighted by atomic mass is 15.0. The van der Waals surface area contributed by atoms with Crippen LogP contribution in [0.25, 0.3) is 22.4 Å². The van der Waals surface area contributed by atoms with Crippen LogP contribution in [0.4, 0.5) is 5.82 Å². The Labute approximate surface area is 186 Å². The van der Waals surface area contributed by atoms with E-state index in [0.717, 1.165) is 27.9 Å². The van der Waals surface area contributed by atoms with Crippen LogP contribution in [0.5, 0.6) is 0 Å². The summed E-state index contributed by atoms with van der Waals surface area (Å²) < 4.78 is 0. The largest absolute Gasteiger partial charge is 0.365 e. The van der Waals surface area contributed by atoms with E-state index in [9.17, 15) is 0 Å². The first-order chi connectivity index (χ1) is 15.0. The molecular weight excluding hydrogens is 380 g/mol. The molecule has 0 aliphatic rings. The van der Waals surface area contributed by atoms with E-state index < -0.39 is 0 Å². The zero-order valence-electron chi connectivity index (χ0n) is 19.6. The molecule has 4 heteroatoms. The average molecular weight is 415 g/mol. The third-order valence-electron chi connectivity index (χ3n) is 4.71. The van der Waals surface area contributed by atoms with E-state index >= 15 is 0 Å². The van der Waals surface area contributed by atoms with Gasteiger partial charge >= 0.3 is 0 Å². The first-order valence-electron chi connectivity index (χ1n) is 10.9. The van der Waals surface area contributed by atoms with Crippen LogP contribution < -0.4 is 5.32 Å². The number of nitrogens with one attached hydrogen (secondary N) is 1. The lowest BCUT2D eigenvalue weighted by Gasteiger charge is -2.14. The van der Waals surface area contributed by atoms with Crippen LogP contribution in [0.15, 0.2) is 78.5 Å². The summed E-state index contributed by atoms with van der Waals surface area (Å²) in [5.74, 6) is 1.87. The van der Waals surface area contributed by atoms with Gasteiger partial charge in [-0.1, -0.05) is 82.3 Å². The number of allylic oxidation sites excluding steroid dienone is 3. The Morgan fingerprint density at radius 1 is 1.06 bits per heavy atom. The van der Waals surface area contributed by atoms with Gasteiger partial charge in [0.25, 0.3) is 0 Å². The standard InChI is InChI=1S/C25H28N4.C2H6/c1-6-19(14-13-17(2)3)16-27-24-22-12-9-15-26-23(22)28-25(29-24)21-11-8-7-10-20(21)18(4)5;1-2/h6-15,18H,2,16H2,1,3-5H3,(H,26,27,28,29);1-2H3/b14-13-,19-6+;. The second-order valence-electron chi connectivity index (χ2n) is 7.41. The predicted octanol–water partition coefficient (Wildman–Crippen LogP) is 7.33. The van der Waals surface area contributed by atoms with E-state index in [0.29, 0.717) is 23.9 Å². The van der Waals surface area contributed by atoms with Crippen LogP contribution in [0.1, 0.15) is 53.0 Å². The van der Waals surface area contributed by atoms with E-state index in [1.54, 1.807) is 6.20 Å². The van der Waals surface area contributed by atoms with E-state index in [1.807, 2.05) is 52.0 Å². The Balaban J connectivity index is 0.00000166. The van der Waals surface area contributed by atoms with Gasteiger partial charge in [0.1, 0.15) is 5.82 Å². The quantitative estimate of drug-likeness (QED) is 0.411. The van der Waals surface area contributed by atoms with Crippen molar-refractivity contribution in [3.8, 4) is 11.4 Å². The highest BCUT2D eigenvalue weighted by Gasteiger charge is 2.14. The molecule has 0 fully saturated rings. The van der Waals surface area contributed by atoms with Crippen molar-refractivity contribution in [2.45, 2.75) is 47.5 Å². The zero-order valence-corrected chi connectivity index (χ0v) is 19.6. The smallest absolute Gasteiger partial charge is 0.165 e. The lowest BCUT2D eigenvalue weighted by Crippen LogP contribution is -2.08. The van der Waals surface area contributed by atoms with E-state index in [2.05, 4.69) is 61.1 Å². The number of fused-ring (bicyclic) bond motifs is 1. The van der Waals surface area contributed by atoms with Crippen molar-refractivity contribution >= 4 is 16.9 Å². The molecule has 3 rings (SSSR count). The minimum Gasteiger partial charge on any atom is -0.365 e. The second kappa shape index (κ2) is 11.8. The van der Waals surface area contributed by atoms with Gasteiger partial charge in [0.15, 0.2) is 11.5 Å². The third-order valence-corrected chi connectivity index (χ3v) is 4.71. The maximum atomic E-state index is 4.88. The first-order valence-corrected chi connectivity index (χ1v) is 10.9. The summed E-state index contributed by atoms with van der Waals surface area (Å²) in [5.41, 5.74) is 5.15. The number of hydrogen-bond acceptors (Lipinski definition) is 4. The monoisotopic (exact) mass is 414 g/mol. The molecule has 0 aliphatic heterocycles. The van der Waals surface area contributed by atoms with E-state index in [1.165, 1.54) is 5.56 Å². The van der Waals surface area contributed by atoms with Crippen molar-refractivity contribution in [1.29, 1.82) is 0 Å². The van der Waals surface area contributed by atoms with Crippen LogP contribution >= 0.6 is 0 Å². The maximum absolute atomic E-state index is 4.88. The summed E-state index contributed by atoms with van der Waals surface area (Å²) in [7, 11) is 0. The molecule has 31 heavy (non-hydrogen) atoms. The van der Waals surface area contributed by atoms with Gasteiger partial charge in [0.2, 0.25) is 0 Å². The highest BCUT2D eigenvalue weighted by molar-refractivity contribution is 5.88. The molecule has 0 amide bonds. The predicted molar refractivity (Wildman–Crippen MR) is 134 cm³/mol. The molecule has 0 spiro atoms. The first kappa shape index (κ1) is 24.0.